The maximum atomic E-state index is 6.71. The van der Waals surface area contributed by atoms with E-state index in [-0.39, 0.29) is 0 Å². The van der Waals surface area contributed by atoms with E-state index in [0.717, 1.165) is 37.2 Å². The quantitative estimate of drug-likeness (QED) is 0.358. The Hall–Kier alpha value is -2.94. The highest BCUT2D eigenvalue weighted by atomic mass is 32.1. The minimum Gasteiger partial charge on any atom is -0.384 e. The summed E-state index contributed by atoms with van der Waals surface area (Å²) in [5, 5.41) is 6.50. The van der Waals surface area contributed by atoms with Crippen LogP contribution in [0.1, 0.15) is 5.69 Å². The van der Waals surface area contributed by atoms with E-state index in [0.29, 0.717) is 15.4 Å². The molecule has 29 heavy (non-hydrogen) atoms. The number of hydrogen-bond acceptors (Lipinski definition) is 6. The lowest BCUT2D eigenvalue weighted by Gasteiger charge is -2.14. The zero-order valence-corrected chi connectivity index (χ0v) is 17.8. The number of rotatable bonds is 2. The minimum atomic E-state index is 0.397. The van der Waals surface area contributed by atoms with Crippen LogP contribution in [0.3, 0.4) is 0 Å². The number of nitrogen functional groups attached to an aromatic ring is 1. The zero-order chi connectivity index (χ0) is 20.1. The molecular formula is C21H15N5S3. The van der Waals surface area contributed by atoms with Crippen molar-refractivity contribution < 1.29 is 0 Å². The van der Waals surface area contributed by atoms with E-state index >= 15 is 0 Å². The SMILES string of the molecule is Cc1nn(-c2ccccc2)c2c1c(=S)sc1nc(=S)n(-c3ccccc3)c(N)c12. The van der Waals surface area contributed by atoms with Gasteiger partial charge in [-0.15, -0.1) is 11.3 Å². The molecule has 0 bridgehead atoms. The Balaban J connectivity index is 2.01. The molecule has 0 spiro atoms. The van der Waals surface area contributed by atoms with Gasteiger partial charge in [0.15, 0.2) is 0 Å². The Morgan fingerprint density at radius 2 is 1.52 bits per heavy atom. The van der Waals surface area contributed by atoms with Crippen LogP contribution < -0.4 is 5.73 Å². The number of nitrogens with zero attached hydrogens (tertiary/aromatic N) is 4. The first-order chi connectivity index (χ1) is 14.1. The summed E-state index contributed by atoms with van der Waals surface area (Å²) in [6, 6.07) is 19.7. The van der Waals surface area contributed by atoms with Gasteiger partial charge in [0.05, 0.1) is 27.7 Å². The number of nitrogens with two attached hydrogens (primary N) is 1. The molecule has 2 N–H and O–H groups in total. The molecule has 0 aliphatic rings. The standard InChI is InChI=1S/C21H15N5S3/c1-12-15-17(26(24-12)14-10-6-3-7-11-14)16-18(22)25(13-8-4-2-5-9-13)21(28)23-19(16)29-20(15)27/h2-11H,22H2,1H3. The fourth-order valence-corrected chi connectivity index (χ4v) is 5.33. The van der Waals surface area contributed by atoms with Crippen LogP contribution in [-0.4, -0.2) is 19.3 Å². The Morgan fingerprint density at radius 1 is 0.897 bits per heavy atom. The van der Waals surface area contributed by atoms with Gasteiger partial charge in [-0.2, -0.15) is 5.10 Å². The Kier molecular flexibility index (Phi) is 4.27. The average molecular weight is 434 g/mol. The molecule has 0 atom stereocenters. The highest BCUT2D eigenvalue weighted by molar-refractivity contribution is 7.74. The van der Waals surface area contributed by atoms with Crippen molar-refractivity contribution in [3.05, 3.63) is 75.0 Å². The first-order valence-corrected chi connectivity index (χ1v) is 10.5. The molecule has 142 valence electrons. The third kappa shape index (κ3) is 2.79. The number of aryl methyl sites for hydroxylation is 1. The smallest absolute Gasteiger partial charge is 0.207 e. The number of anilines is 1. The van der Waals surface area contributed by atoms with Gasteiger partial charge in [0.25, 0.3) is 0 Å². The van der Waals surface area contributed by atoms with Gasteiger partial charge in [0.1, 0.15) is 14.5 Å². The van der Waals surface area contributed by atoms with Gasteiger partial charge in [-0.1, -0.05) is 48.6 Å². The number of fused-ring (bicyclic) bond motifs is 3. The molecule has 0 aliphatic heterocycles. The van der Waals surface area contributed by atoms with Crippen molar-refractivity contribution in [2.45, 2.75) is 6.92 Å². The second kappa shape index (κ2) is 6.84. The number of para-hydroxylation sites is 2. The molecule has 0 radical (unpaired) electrons. The van der Waals surface area contributed by atoms with E-state index in [1.807, 2.05) is 72.3 Å². The average Bonchev–Trinajstić information content (AvgIpc) is 3.07. The molecule has 2 aromatic carbocycles. The van der Waals surface area contributed by atoms with Gasteiger partial charge in [-0.25, -0.2) is 9.67 Å². The summed E-state index contributed by atoms with van der Waals surface area (Å²) in [4.78, 5) is 5.39. The van der Waals surface area contributed by atoms with Crippen LogP contribution in [0.2, 0.25) is 0 Å². The Bertz CT molecular complexity index is 1500. The lowest BCUT2D eigenvalue weighted by atomic mass is 10.2. The van der Waals surface area contributed by atoms with Crippen LogP contribution in [0.4, 0.5) is 5.82 Å². The van der Waals surface area contributed by atoms with Gasteiger partial charge in [-0.3, -0.25) is 4.57 Å². The van der Waals surface area contributed by atoms with Gasteiger partial charge < -0.3 is 5.73 Å². The first-order valence-electron chi connectivity index (χ1n) is 8.92. The number of hydrogen-bond donors (Lipinski definition) is 1. The fourth-order valence-electron chi connectivity index (χ4n) is 3.54. The van der Waals surface area contributed by atoms with Crippen LogP contribution in [0.5, 0.6) is 0 Å². The van der Waals surface area contributed by atoms with E-state index in [9.17, 15) is 0 Å². The normalized spacial score (nSPS) is 11.3. The summed E-state index contributed by atoms with van der Waals surface area (Å²) < 4.78 is 4.82. The molecule has 0 saturated carbocycles. The van der Waals surface area contributed by atoms with Crippen LogP contribution in [0.15, 0.2) is 60.7 Å². The van der Waals surface area contributed by atoms with Crippen molar-refractivity contribution in [3.8, 4) is 11.4 Å². The molecule has 0 saturated heterocycles. The highest BCUT2D eigenvalue weighted by Crippen LogP contribution is 2.36. The number of aromatic nitrogens is 4. The Morgan fingerprint density at radius 3 is 2.17 bits per heavy atom. The largest absolute Gasteiger partial charge is 0.384 e. The second-order valence-corrected chi connectivity index (χ2v) is 8.61. The van der Waals surface area contributed by atoms with Crippen molar-refractivity contribution in [1.82, 2.24) is 19.3 Å². The summed E-state index contributed by atoms with van der Waals surface area (Å²) >= 11 is 12.7. The summed E-state index contributed by atoms with van der Waals surface area (Å²) in [6.45, 7) is 1.96. The van der Waals surface area contributed by atoms with Crippen LogP contribution >= 0.6 is 35.8 Å². The monoisotopic (exact) mass is 433 g/mol. The third-order valence-corrected chi connectivity index (χ3v) is 6.41. The maximum absolute atomic E-state index is 6.71. The van der Waals surface area contributed by atoms with Gasteiger partial charge in [0, 0.05) is 5.69 Å². The van der Waals surface area contributed by atoms with Crippen LogP contribution in [0, 0.1) is 15.5 Å². The number of benzene rings is 2. The molecule has 5 aromatic rings. The minimum absolute atomic E-state index is 0.397. The molecule has 5 nitrogen and oxygen atoms in total. The van der Waals surface area contributed by atoms with E-state index in [4.69, 9.17) is 35.3 Å². The molecule has 8 heteroatoms. The van der Waals surface area contributed by atoms with E-state index in [1.165, 1.54) is 11.3 Å². The second-order valence-electron chi connectivity index (χ2n) is 6.58. The molecule has 0 unspecified atom stereocenters. The van der Waals surface area contributed by atoms with E-state index in [2.05, 4.69) is 4.98 Å². The van der Waals surface area contributed by atoms with Crippen LogP contribution in [0.25, 0.3) is 32.5 Å². The van der Waals surface area contributed by atoms with Crippen molar-refractivity contribution >= 4 is 62.7 Å². The molecule has 3 heterocycles. The Labute approximate surface area is 180 Å². The highest BCUT2D eigenvalue weighted by Gasteiger charge is 2.20. The zero-order valence-electron chi connectivity index (χ0n) is 15.4. The van der Waals surface area contributed by atoms with Crippen molar-refractivity contribution in [2.24, 2.45) is 0 Å². The van der Waals surface area contributed by atoms with Crippen molar-refractivity contribution in [3.63, 3.8) is 0 Å². The molecular weight excluding hydrogens is 418 g/mol. The summed E-state index contributed by atoms with van der Waals surface area (Å²) in [5.74, 6) is 0.527. The fraction of sp³-hybridized carbons (Fsp3) is 0.0476. The lowest BCUT2D eigenvalue weighted by Crippen LogP contribution is -2.08. The molecule has 0 amide bonds. The van der Waals surface area contributed by atoms with E-state index < -0.39 is 0 Å². The van der Waals surface area contributed by atoms with Crippen molar-refractivity contribution in [1.29, 1.82) is 0 Å². The topological polar surface area (TPSA) is 61.7 Å². The lowest BCUT2D eigenvalue weighted by molar-refractivity contribution is 0.890. The van der Waals surface area contributed by atoms with Gasteiger partial charge in [0.2, 0.25) is 4.77 Å². The first kappa shape index (κ1) is 18.1. The predicted molar refractivity (Wildman–Crippen MR) is 124 cm³/mol. The molecule has 3 aromatic heterocycles. The van der Waals surface area contributed by atoms with E-state index in [1.54, 1.807) is 4.57 Å². The summed E-state index contributed by atoms with van der Waals surface area (Å²) in [6.07, 6.45) is 0. The summed E-state index contributed by atoms with van der Waals surface area (Å²) in [5.41, 5.74) is 10.2. The third-order valence-electron chi connectivity index (χ3n) is 4.81. The summed E-state index contributed by atoms with van der Waals surface area (Å²) in [7, 11) is 0. The maximum Gasteiger partial charge on any atom is 0.207 e. The van der Waals surface area contributed by atoms with Gasteiger partial charge in [-0.05, 0) is 43.4 Å². The van der Waals surface area contributed by atoms with Crippen LogP contribution in [-0.2, 0) is 0 Å². The molecule has 0 fully saturated rings. The molecule has 0 aliphatic carbocycles. The predicted octanol–water partition coefficient (Wildman–Crippen LogP) is 5.78. The molecule has 5 rings (SSSR count). The van der Waals surface area contributed by atoms with Crippen molar-refractivity contribution in [2.75, 3.05) is 5.73 Å². The van der Waals surface area contributed by atoms with Gasteiger partial charge >= 0.3 is 0 Å².